The van der Waals surface area contributed by atoms with Gasteiger partial charge in [-0.05, 0) is 59.2 Å². The lowest BCUT2D eigenvalue weighted by atomic mass is 10.1. The first-order chi connectivity index (χ1) is 17.5. The lowest BCUT2D eigenvalue weighted by molar-refractivity contribution is -0.112. The van der Waals surface area contributed by atoms with Crippen LogP contribution >= 0.6 is 23.2 Å². The number of carbonyl (C=O) groups is 1. The molecule has 1 N–H and O–H groups in total. The van der Waals surface area contributed by atoms with Crippen LogP contribution in [0, 0.1) is 11.3 Å². The van der Waals surface area contributed by atoms with Gasteiger partial charge in [0.1, 0.15) is 18.2 Å². The van der Waals surface area contributed by atoms with Gasteiger partial charge in [0.2, 0.25) is 0 Å². The average Bonchev–Trinajstić information content (AvgIpc) is 2.88. The van der Waals surface area contributed by atoms with E-state index >= 15 is 0 Å². The molecule has 0 saturated carbocycles. The molecule has 0 radical (unpaired) electrons. The van der Waals surface area contributed by atoms with Crippen molar-refractivity contribution in [3.8, 4) is 17.6 Å². The highest BCUT2D eigenvalue weighted by molar-refractivity contribution is 6.34. The number of hydrogen-bond acceptors (Lipinski definition) is 4. The highest BCUT2D eigenvalue weighted by Crippen LogP contribution is 2.38. The number of nitriles is 1. The number of carbonyl (C=O) groups excluding carboxylic acids is 1. The molecular formula is C29H22Cl2N2O3. The summed E-state index contributed by atoms with van der Waals surface area (Å²) in [6.45, 7) is 2.52. The van der Waals surface area contributed by atoms with Gasteiger partial charge in [-0.25, -0.2) is 0 Å². The van der Waals surface area contributed by atoms with E-state index in [-0.39, 0.29) is 5.57 Å². The van der Waals surface area contributed by atoms with Crippen LogP contribution in [0.4, 0.5) is 5.69 Å². The standard InChI is InChI=1S/C29H22Cl2N2O3/c1-2-35-27-16-19(14-22(17-32)29(34)33-26-13-6-5-12-24(26)30)15-25(31)28(27)36-18-21-10-7-9-20-8-3-4-11-23(20)21/h3-16H,2,18H2,1H3,(H,33,34)/b22-14+. The van der Waals surface area contributed by atoms with Crippen LogP contribution < -0.4 is 14.8 Å². The van der Waals surface area contributed by atoms with Gasteiger partial charge in [-0.15, -0.1) is 0 Å². The molecule has 4 aromatic rings. The summed E-state index contributed by atoms with van der Waals surface area (Å²) in [7, 11) is 0. The number of ether oxygens (including phenoxy) is 2. The number of amides is 1. The van der Waals surface area contributed by atoms with Crippen molar-refractivity contribution in [1.82, 2.24) is 0 Å². The maximum absolute atomic E-state index is 12.7. The maximum atomic E-state index is 12.7. The summed E-state index contributed by atoms with van der Waals surface area (Å²) >= 11 is 12.7. The second-order valence-corrected chi connectivity index (χ2v) is 8.61. The predicted octanol–water partition coefficient (Wildman–Crippen LogP) is 7.67. The third-order valence-corrected chi connectivity index (χ3v) is 5.99. The second-order valence-electron chi connectivity index (χ2n) is 7.79. The van der Waals surface area contributed by atoms with E-state index in [2.05, 4.69) is 5.32 Å². The molecule has 4 rings (SSSR count). The Labute approximate surface area is 219 Å². The van der Waals surface area contributed by atoms with Crippen molar-refractivity contribution in [2.24, 2.45) is 0 Å². The maximum Gasteiger partial charge on any atom is 0.266 e. The Hall–Kier alpha value is -3.98. The smallest absolute Gasteiger partial charge is 0.266 e. The summed E-state index contributed by atoms with van der Waals surface area (Å²) in [6, 6.07) is 26.2. The van der Waals surface area contributed by atoms with Gasteiger partial charge in [0, 0.05) is 0 Å². The van der Waals surface area contributed by atoms with E-state index in [0.717, 1.165) is 16.3 Å². The molecule has 0 aliphatic rings. The summed E-state index contributed by atoms with van der Waals surface area (Å²) in [6.07, 6.45) is 1.44. The SMILES string of the molecule is CCOc1cc(/C=C(\C#N)C(=O)Nc2ccccc2Cl)cc(Cl)c1OCc1cccc2ccccc12. The van der Waals surface area contributed by atoms with Crippen LogP contribution in [-0.4, -0.2) is 12.5 Å². The van der Waals surface area contributed by atoms with Crippen molar-refractivity contribution in [1.29, 1.82) is 5.26 Å². The molecule has 0 saturated heterocycles. The van der Waals surface area contributed by atoms with E-state index in [0.29, 0.717) is 46.0 Å². The molecule has 0 aliphatic carbocycles. The number of benzene rings is 4. The fourth-order valence-corrected chi connectivity index (χ4v) is 4.17. The third-order valence-electron chi connectivity index (χ3n) is 5.38. The van der Waals surface area contributed by atoms with Gasteiger partial charge < -0.3 is 14.8 Å². The lowest BCUT2D eigenvalue weighted by Crippen LogP contribution is -2.13. The number of para-hydroxylation sites is 1. The van der Waals surface area contributed by atoms with Crippen molar-refractivity contribution in [2.45, 2.75) is 13.5 Å². The van der Waals surface area contributed by atoms with Gasteiger partial charge in [-0.1, -0.05) is 77.8 Å². The van der Waals surface area contributed by atoms with Crippen molar-refractivity contribution in [3.63, 3.8) is 0 Å². The Bertz CT molecular complexity index is 1490. The average molecular weight is 517 g/mol. The molecule has 4 aromatic carbocycles. The fourth-order valence-electron chi connectivity index (χ4n) is 3.71. The molecule has 0 atom stereocenters. The molecule has 0 unspecified atom stereocenters. The van der Waals surface area contributed by atoms with Crippen molar-refractivity contribution in [2.75, 3.05) is 11.9 Å². The van der Waals surface area contributed by atoms with Crippen LogP contribution in [0.1, 0.15) is 18.1 Å². The summed E-state index contributed by atoms with van der Waals surface area (Å²) in [4.78, 5) is 12.7. The van der Waals surface area contributed by atoms with E-state index in [4.69, 9.17) is 32.7 Å². The monoisotopic (exact) mass is 516 g/mol. The lowest BCUT2D eigenvalue weighted by Gasteiger charge is -2.15. The number of nitrogens with zero attached hydrogens (tertiary/aromatic N) is 1. The number of rotatable bonds is 8. The van der Waals surface area contributed by atoms with Crippen LogP contribution in [0.3, 0.4) is 0 Å². The number of hydrogen-bond donors (Lipinski definition) is 1. The molecule has 0 aromatic heterocycles. The van der Waals surface area contributed by atoms with E-state index in [1.54, 1.807) is 36.4 Å². The number of fused-ring (bicyclic) bond motifs is 1. The third kappa shape index (κ3) is 5.80. The van der Waals surface area contributed by atoms with Crippen LogP contribution in [0.15, 0.2) is 84.4 Å². The minimum absolute atomic E-state index is 0.113. The Morgan fingerprint density at radius 1 is 0.972 bits per heavy atom. The molecule has 1 amide bonds. The zero-order chi connectivity index (χ0) is 25.5. The highest BCUT2D eigenvalue weighted by Gasteiger charge is 2.16. The molecule has 7 heteroatoms. The van der Waals surface area contributed by atoms with Gasteiger partial charge in [-0.2, -0.15) is 5.26 Å². The minimum Gasteiger partial charge on any atom is -0.490 e. The summed E-state index contributed by atoms with van der Waals surface area (Å²) < 4.78 is 11.9. The molecule has 5 nitrogen and oxygen atoms in total. The first kappa shape index (κ1) is 25.1. The van der Waals surface area contributed by atoms with Crippen molar-refractivity contribution < 1.29 is 14.3 Å². The van der Waals surface area contributed by atoms with E-state index in [9.17, 15) is 10.1 Å². The largest absolute Gasteiger partial charge is 0.490 e. The van der Waals surface area contributed by atoms with Crippen LogP contribution in [0.25, 0.3) is 16.8 Å². The van der Waals surface area contributed by atoms with Crippen molar-refractivity contribution >= 4 is 51.6 Å². The van der Waals surface area contributed by atoms with Gasteiger partial charge >= 0.3 is 0 Å². The predicted molar refractivity (Wildman–Crippen MR) is 145 cm³/mol. The number of halogens is 2. The first-order valence-electron chi connectivity index (χ1n) is 11.2. The van der Waals surface area contributed by atoms with Gasteiger partial charge in [0.15, 0.2) is 11.5 Å². The fraction of sp³-hybridized carbons (Fsp3) is 0.103. The van der Waals surface area contributed by atoms with Crippen LogP contribution in [-0.2, 0) is 11.4 Å². The number of nitrogens with one attached hydrogen (secondary N) is 1. The van der Waals surface area contributed by atoms with Gasteiger partial charge in [-0.3, -0.25) is 4.79 Å². The zero-order valence-electron chi connectivity index (χ0n) is 19.4. The van der Waals surface area contributed by atoms with E-state index in [1.165, 1.54) is 6.08 Å². The molecule has 0 aliphatic heterocycles. The van der Waals surface area contributed by atoms with Gasteiger partial charge in [0.25, 0.3) is 5.91 Å². The van der Waals surface area contributed by atoms with E-state index < -0.39 is 5.91 Å². The summed E-state index contributed by atoms with van der Waals surface area (Å²) in [5.74, 6) is 0.221. The molecule has 0 spiro atoms. The molecule has 36 heavy (non-hydrogen) atoms. The normalized spacial score (nSPS) is 11.1. The zero-order valence-corrected chi connectivity index (χ0v) is 20.9. The van der Waals surface area contributed by atoms with Gasteiger partial charge in [0.05, 0.1) is 22.3 Å². The quantitative estimate of drug-likeness (QED) is 0.192. The van der Waals surface area contributed by atoms with E-state index in [1.807, 2.05) is 55.5 Å². The summed E-state index contributed by atoms with van der Waals surface area (Å²) in [5, 5.41) is 15.1. The Morgan fingerprint density at radius 3 is 2.50 bits per heavy atom. The minimum atomic E-state index is -0.587. The highest BCUT2D eigenvalue weighted by atomic mass is 35.5. The van der Waals surface area contributed by atoms with Crippen LogP contribution in [0.2, 0.25) is 10.0 Å². The first-order valence-corrected chi connectivity index (χ1v) is 12.0. The number of anilines is 1. The Balaban J connectivity index is 1.60. The summed E-state index contributed by atoms with van der Waals surface area (Å²) in [5.41, 5.74) is 1.83. The molecule has 0 fully saturated rings. The Morgan fingerprint density at radius 2 is 1.72 bits per heavy atom. The second kappa shape index (κ2) is 11.6. The Kier molecular flexibility index (Phi) is 8.12. The van der Waals surface area contributed by atoms with Crippen molar-refractivity contribution in [3.05, 3.63) is 106 Å². The van der Waals surface area contributed by atoms with Crippen LogP contribution in [0.5, 0.6) is 11.5 Å². The topological polar surface area (TPSA) is 71.3 Å². The molecule has 0 bridgehead atoms. The molecule has 0 heterocycles. The molecule has 180 valence electrons. The molecular weight excluding hydrogens is 495 g/mol.